The molecule has 0 atom stereocenters. The number of halogens is 4. The quantitative estimate of drug-likeness (QED) is 0.347. The van der Waals surface area contributed by atoms with Gasteiger partial charge in [0.1, 0.15) is 12.4 Å². The van der Waals surface area contributed by atoms with Crippen molar-refractivity contribution in [1.82, 2.24) is 14.6 Å². The first-order chi connectivity index (χ1) is 18.4. The average Bonchev–Trinajstić information content (AvgIpc) is 3.40. The van der Waals surface area contributed by atoms with Gasteiger partial charge in [0, 0.05) is 42.1 Å². The van der Waals surface area contributed by atoms with Crippen LogP contribution in [0, 0.1) is 0 Å². The number of aromatic nitrogens is 1. The predicted molar refractivity (Wildman–Crippen MR) is 137 cm³/mol. The normalized spacial score (nSPS) is 14.3. The first-order valence-corrected chi connectivity index (χ1v) is 14.0. The van der Waals surface area contributed by atoms with Gasteiger partial charge in [-0.1, -0.05) is 24.4 Å². The second-order valence-electron chi connectivity index (χ2n) is 8.80. The van der Waals surface area contributed by atoms with Crippen molar-refractivity contribution < 1.29 is 41.0 Å². The largest absolute Gasteiger partial charge is 0.511 e. The summed E-state index contributed by atoms with van der Waals surface area (Å²) in [4.78, 5) is 31.5. The van der Waals surface area contributed by atoms with Gasteiger partial charge in [-0.3, -0.25) is 14.7 Å². The molecule has 1 aromatic carbocycles. The Morgan fingerprint density at radius 3 is 2.41 bits per heavy atom. The lowest BCUT2D eigenvalue weighted by Gasteiger charge is -2.29. The number of carboxylic acid groups (broad SMARTS) is 1. The Morgan fingerprint density at radius 2 is 1.79 bits per heavy atom. The number of amides is 2. The van der Waals surface area contributed by atoms with Gasteiger partial charge in [-0.15, -0.1) is 0 Å². The summed E-state index contributed by atoms with van der Waals surface area (Å²) in [6.07, 6.45) is 4.91. The molecular weight excluding hydrogens is 565 g/mol. The summed E-state index contributed by atoms with van der Waals surface area (Å²) in [5.74, 6) is -0.188. The number of nitrogens with one attached hydrogen (secondary N) is 1. The molecule has 10 nitrogen and oxygen atoms in total. The molecule has 0 bridgehead atoms. The number of rotatable bonds is 12. The lowest BCUT2D eigenvalue weighted by molar-refractivity contribution is -0.0448. The fraction of sp³-hybridized carbons (Fsp3) is 0.458. The van der Waals surface area contributed by atoms with Crippen LogP contribution in [0.3, 0.4) is 0 Å². The number of anilines is 1. The van der Waals surface area contributed by atoms with Crippen molar-refractivity contribution in [3.8, 4) is 5.75 Å². The molecule has 3 rings (SSSR count). The molecule has 2 amide bonds. The number of carbonyl (C=O) groups is 2. The van der Waals surface area contributed by atoms with Crippen LogP contribution in [0.15, 0.2) is 42.7 Å². The second kappa shape index (κ2) is 13.3. The Bertz CT molecular complexity index is 1240. The summed E-state index contributed by atoms with van der Waals surface area (Å²) in [5, 5.41) is 9.71. The van der Waals surface area contributed by atoms with Crippen LogP contribution in [0.5, 0.6) is 5.75 Å². The van der Waals surface area contributed by atoms with Crippen molar-refractivity contribution in [3.05, 3.63) is 53.3 Å². The van der Waals surface area contributed by atoms with Gasteiger partial charge in [-0.05, 0) is 49.6 Å². The van der Waals surface area contributed by atoms with E-state index in [0.29, 0.717) is 18.5 Å². The van der Waals surface area contributed by atoms with E-state index in [1.807, 2.05) is 0 Å². The molecule has 214 valence electrons. The van der Waals surface area contributed by atoms with Crippen LogP contribution in [-0.2, 0) is 10.0 Å². The highest BCUT2D eigenvalue weighted by Gasteiger charge is 2.45. The summed E-state index contributed by atoms with van der Waals surface area (Å²) in [5.41, 5.74) is -4.82. The SMILES string of the molecule is O=C(O)N(CCOc1cc(Cl)cc(C(=O)N(CCCNS(=O)(=O)C(F)(F)F)C2CCCC2)c1)c1ccncc1. The summed E-state index contributed by atoms with van der Waals surface area (Å²) < 4.78 is 67.4. The first kappa shape index (κ1) is 30.4. The number of ether oxygens (including phenoxy) is 1. The van der Waals surface area contributed by atoms with Gasteiger partial charge in [0.25, 0.3) is 5.91 Å². The third-order valence-electron chi connectivity index (χ3n) is 6.11. The van der Waals surface area contributed by atoms with Gasteiger partial charge in [0.15, 0.2) is 0 Å². The zero-order chi connectivity index (χ0) is 28.6. The van der Waals surface area contributed by atoms with Crippen LogP contribution in [0.2, 0.25) is 5.02 Å². The van der Waals surface area contributed by atoms with Gasteiger partial charge in [-0.25, -0.2) is 17.9 Å². The number of benzene rings is 1. The molecule has 1 fully saturated rings. The van der Waals surface area contributed by atoms with E-state index in [-0.39, 0.29) is 48.5 Å². The van der Waals surface area contributed by atoms with Crippen molar-refractivity contribution in [2.45, 2.75) is 43.7 Å². The van der Waals surface area contributed by atoms with Crippen molar-refractivity contribution >= 4 is 39.3 Å². The van der Waals surface area contributed by atoms with Gasteiger partial charge >= 0.3 is 21.6 Å². The molecule has 1 aliphatic carbocycles. The lowest BCUT2D eigenvalue weighted by atomic mass is 10.1. The van der Waals surface area contributed by atoms with E-state index in [0.717, 1.165) is 17.7 Å². The van der Waals surface area contributed by atoms with E-state index in [2.05, 4.69) is 4.98 Å². The smallest absolute Gasteiger partial charge is 0.492 e. The monoisotopic (exact) mass is 592 g/mol. The maximum absolute atomic E-state index is 13.4. The third-order valence-corrected chi connectivity index (χ3v) is 7.52. The van der Waals surface area contributed by atoms with E-state index in [1.54, 1.807) is 0 Å². The molecule has 0 aliphatic heterocycles. The van der Waals surface area contributed by atoms with Gasteiger partial charge in [0.05, 0.1) is 12.2 Å². The Morgan fingerprint density at radius 1 is 1.13 bits per heavy atom. The molecule has 0 radical (unpaired) electrons. The number of alkyl halides is 3. The number of nitrogens with zero attached hydrogens (tertiary/aromatic N) is 3. The standard InChI is InChI=1S/C24H28ClF3N4O6S/c25-18-14-17(15-21(16-18)38-13-12-32(23(34)35)20-6-9-29-10-7-20)22(33)31(19-4-1-2-5-19)11-3-8-30-39(36,37)24(26,27)28/h6-7,9-10,14-16,19,30H,1-5,8,11-13H2,(H,34,35). The van der Waals surface area contributed by atoms with Crippen LogP contribution in [0.4, 0.5) is 23.7 Å². The minimum absolute atomic E-state index is 0.0167. The summed E-state index contributed by atoms with van der Waals surface area (Å²) >= 11 is 6.22. The van der Waals surface area contributed by atoms with Crippen molar-refractivity contribution in [2.24, 2.45) is 0 Å². The zero-order valence-corrected chi connectivity index (χ0v) is 22.3. The van der Waals surface area contributed by atoms with Crippen LogP contribution in [0.1, 0.15) is 42.5 Å². The Balaban J connectivity index is 1.67. The van der Waals surface area contributed by atoms with Crippen LogP contribution in [0.25, 0.3) is 0 Å². The molecule has 1 heterocycles. The molecule has 1 aromatic heterocycles. The molecule has 0 unspecified atom stereocenters. The highest BCUT2D eigenvalue weighted by Crippen LogP contribution is 2.28. The van der Waals surface area contributed by atoms with Crippen molar-refractivity contribution in [1.29, 1.82) is 0 Å². The molecule has 0 saturated heterocycles. The Hall–Kier alpha value is -3.10. The molecule has 15 heteroatoms. The summed E-state index contributed by atoms with van der Waals surface area (Å²) in [6, 6.07) is 7.30. The lowest BCUT2D eigenvalue weighted by Crippen LogP contribution is -2.42. The highest BCUT2D eigenvalue weighted by atomic mass is 35.5. The average molecular weight is 593 g/mol. The van der Waals surface area contributed by atoms with Crippen LogP contribution < -0.4 is 14.4 Å². The van der Waals surface area contributed by atoms with Gasteiger partial charge in [0.2, 0.25) is 0 Å². The van der Waals surface area contributed by atoms with E-state index >= 15 is 0 Å². The number of pyridine rings is 1. The number of hydrogen-bond donors (Lipinski definition) is 2. The van der Waals surface area contributed by atoms with Crippen molar-refractivity contribution in [2.75, 3.05) is 31.1 Å². The maximum Gasteiger partial charge on any atom is 0.511 e. The molecule has 39 heavy (non-hydrogen) atoms. The molecular formula is C24H28ClF3N4O6S. The molecule has 0 spiro atoms. The van der Waals surface area contributed by atoms with Crippen LogP contribution >= 0.6 is 11.6 Å². The number of carbonyl (C=O) groups excluding carboxylic acids is 1. The Kier molecular flexibility index (Phi) is 10.4. The van der Waals surface area contributed by atoms with E-state index in [9.17, 15) is 36.3 Å². The Labute approximate surface area is 228 Å². The topological polar surface area (TPSA) is 129 Å². The fourth-order valence-electron chi connectivity index (χ4n) is 4.25. The first-order valence-electron chi connectivity index (χ1n) is 12.1. The summed E-state index contributed by atoms with van der Waals surface area (Å²) in [7, 11) is -5.47. The van der Waals surface area contributed by atoms with Crippen LogP contribution in [-0.4, -0.2) is 73.2 Å². The fourth-order valence-corrected chi connectivity index (χ4v) is 5.05. The molecule has 1 aliphatic rings. The molecule has 2 aromatic rings. The third kappa shape index (κ3) is 8.44. The zero-order valence-electron chi connectivity index (χ0n) is 20.7. The van der Waals surface area contributed by atoms with Gasteiger partial charge in [-0.2, -0.15) is 13.2 Å². The molecule has 1 saturated carbocycles. The molecule has 2 N–H and O–H groups in total. The van der Waals surface area contributed by atoms with Gasteiger partial charge < -0.3 is 14.7 Å². The predicted octanol–water partition coefficient (Wildman–Crippen LogP) is 4.51. The van der Waals surface area contributed by atoms with E-state index in [4.69, 9.17) is 16.3 Å². The second-order valence-corrected chi connectivity index (χ2v) is 11.0. The number of sulfonamides is 1. The summed E-state index contributed by atoms with van der Waals surface area (Å²) in [6.45, 7) is -0.517. The highest BCUT2D eigenvalue weighted by molar-refractivity contribution is 7.90. The maximum atomic E-state index is 13.4. The van der Waals surface area contributed by atoms with E-state index < -0.39 is 34.1 Å². The van der Waals surface area contributed by atoms with Crippen molar-refractivity contribution in [3.63, 3.8) is 0 Å². The van der Waals surface area contributed by atoms with E-state index in [1.165, 1.54) is 52.3 Å². The minimum Gasteiger partial charge on any atom is -0.492 e. The minimum atomic E-state index is -5.47. The number of hydrogen-bond acceptors (Lipinski definition) is 6.